The minimum absolute atomic E-state index is 0.0950. The fraction of sp³-hybridized carbons (Fsp3) is 0.250. The van der Waals surface area contributed by atoms with E-state index in [-0.39, 0.29) is 5.69 Å². The number of hydrogen-bond donors (Lipinski definition) is 4. The van der Waals surface area contributed by atoms with Gasteiger partial charge in [0.05, 0.1) is 0 Å². The number of hydrogen-bond acceptors (Lipinski definition) is 4. The summed E-state index contributed by atoms with van der Waals surface area (Å²) in [4.78, 5) is 10.3. The molecule has 0 radical (unpaired) electrons. The van der Waals surface area contributed by atoms with E-state index < -0.39 is 18.2 Å². The van der Waals surface area contributed by atoms with Crippen LogP contribution in [0.3, 0.4) is 0 Å². The summed E-state index contributed by atoms with van der Waals surface area (Å²) >= 11 is 0. The highest BCUT2D eigenvalue weighted by Crippen LogP contribution is 2.12. The van der Waals surface area contributed by atoms with Gasteiger partial charge in [0.1, 0.15) is 0 Å². The molecule has 1 rings (SSSR count). The Morgan fingerprint density at radius 3 is 2.50 bits per heavy atom. The van der Waals surface area contributed by atoms with Gasteiger partial charge in [-0.25, -0.2) is 4.79 Å². The van der Waals surface area contributed by atoms with Crippen LogP contribution >= 0.6 is 0 Å². The maximum absolute atomic E-state index is 10.3. The Morgan fingerprint density at radius 1 is 1.36 bits per heavy atom. The largest absolute Gasteiger partial charge is 0.479 e. The molecular weight excluding hydrogens is 190 g/mol. The second-order valence-electron chi connectivity index (χ2n) is 2.70. The van der Waals surface area contributed by atoms with Gasteiger partial charge in [-0.2, -0.15) is 0 Å². The lowest BCUT2D eigenvalue weighted by molar-refractivity contribution is -0.911. The average Bonchev–Trinajstić information content (AvgIpc) is 2.16. The van der Waals surface area contributed by atoms with Crippen LogP contribution in [-0.4, -0.2) is 32.6 Å². The molecule has 1 aromatic rings. The van der Waals surface area contributed by atoms with E-state index in [1.54, 1.807) is 0 Å². The zero-order chi connectivity index (χ0) is 10.7. The van der Waals surface area contributed by atoms with Crippen LogP contribution in [0, 0.1) is 0 Å². The third-order valence-electron chi connectivity index (χ3n) is 1.73. The summed E-state index contributed by atoms with van der Waals surface area (Å²) in [6.07, 6.45) is -2.41. The molecule has 0 aliphatic carbocycles. The highest BCUT2D eigenvalue weighted by Gasteiger charge is 2.32. The van der Waals surface area contributed by atoms with Crippen molar-refractivity contribution >= 4 is 5.97 Å². The standard InChI is InChI=1S/C8H9NO5/c10-6(7(11)8(12)13)5-3-1-2-4-9(5)14/h1-4,6-7,10-11H,(H-,12,13,14)/p+1/t6-,7+/m0/s1. The summed E-state index contributed by atoms with van der Waals surface area (Å²) < 4.78 is 0.552. The molecule has 0 saturated heterocycles. The third kappa shape index (κ3) is 1.98. The molecule has 0 aliphatic heterocycles. The first-order valence-electron chi connectivity index (χ1n) is 3.83. The quantitative estimate of drug-likeness (QED) is 0.358. The van der Waals surface area contributed by atoms with Crippen molar-refractivity contribution in [3.05, 3.63) is 30.1 Å². The van der Waals surface area contributed by atoms with Crippen LogP contribution in [0.1, 0.15) is 11.8 Å². The fourth-order valence-electron chi connectivity index (χ4n) is 0.979. The van der Waals surface area contributed by atoms with E-state index in [0.29, 0.717) is 4.73 Å². The van der Waals surface area contributed by atoms with Crippen LogP contribution < -0.4 is 4.73 Å². The molecule has 0 fully saturated rings. The summed E-state index contributed by atoms with van der Waals surface area (Å²) in [5.41, 5.74) is -0.0950. The molecule has 0 aromatic carbocycles. The van der Waals surface area contributed by atoms with Gasteiger partial charge in [0.25, 0.3) is 5.69 Å². The monoisotopic (exact) mass is 200 g/mol. The fourth-order valence-corrected chi connectivity index (χ4v) is 0.979. The second-order valence-corrected chi connectivity index (χ2v) is 2.70. The van der Waals surface area contributed by atoms with E-state index in [2.05, 4.69) is 0 Å². The van der Waals surface area contributed by atoms with Gasteiger partial charge in [-0.1, -0.05) is 0 Å². The SMILES string of the molecule is O=C(O)[C@H](O)[C@@H](O)c1cccc[n+]1O. The first kappa shape index (κ1) is 10.4. The predicted octanol–water partition coefficient (Wildman–Crippen LogP) is -1.31. The number of aliphatic carboxylic acids is 1. The molecule has 1 heterocycles. The first-order valence-corrected chi connectivity index (χ1v) is 3.83. The summed E-state index contributed by atoms with van der Waals surface area (Å²) in [6.45, 7) is 0. The molecule has 1 aromatic heterocycles. The second kappa shape index (κ2) is 4.03. The molecule has 6 heteroatoms. The Hall–Kier alpha value is -1.66. The molecule has 6 nitrogen and oxygen atoms in total. The lowest BCUT2D eigenvalue weighted by Gasteiger charge is -2.09. The summed E-state index contributed by atoms with van der Waals surface area (Å²) in [6, 6.07) is 4.29. The molecule has 0 aliphatic rings. The topological polar surface area (TPSA) is 102 Å². The van der Waals surface area contributed by atoms with Gasteiger partial charge in [-0.3, -0.25) is 5.21 Å². The molecule has 4 N–H and O–H groups in total. The molecule has 0 spiro atoms. The van der Waals surface area contributed by atoms with Gasteiger partial charge in [0.15, 0.2) is 12.2 Å². The van der Waals surface area contributed by atoms with Crippen molar-refractivity contribution in [1.82, 2.24) is 0 Å². The molecular formula is C8H10NO5+. The zero-order valence-corrected chi connectivity index (χ0v) is 7.11. The third-order valence-corrected chi connectivity index (χ3v) is 1.73. The van der Waals surface area contributed by atoms with Crippen molar-refractivity contribution in [1.29, 1.82) is 0 Å². The van der Waals surface area contributed by atoms with Gasteiger partial charge < -0.3 is 15.3 Å². The van der Waals surface area contributed by atoms with Crippen LogP contribution in [0.4, 0.5) is 0 Å². The molecule has 0 amide bonds. The molecule has 76 valence electrons. The van der Waals surface area contributed by atoms with Gasteiger partial charge >= 0.3 is 5.97 Å². The van der Waals surface area contributed by atoms with Crippen molar-refractivity contribution in [2.24, 2.45) is 0 Å². The number of aromatic nitrogens is 1. The van der Waals surface area contributed by atoms with Crippen molar-refractivity contribution in [3.63, 3.8) is 0 Å². The van der Waals surface area contributed by atoms with Crippen molar-refractivity contribution in [3.8, 4) is 0 Å². The van der Waals surface area contributed by atoms with Crippen molar-refractivity contribution in [2.75, 3.05) is 0 Å². The molecule has 14 heavy (non-hydrogen) atoms. The number of aliphatic hydroxyl groups is 2. The number of rotatable bonds is 3. The smallest absolute Gasteiger partial charge is 0.335 e. The Morgan fingerprint density at radius 2 is 2.00 bits per heavy atom. The number of nitrogens with zero attached hydrogens (tertiary/aromatic N) is 1. The van der Waals surface area contributed by atoms with E-state index in [4.69, 9.17) is 15.4 Å². The minimum atomic E-state index is -1.96. The van der Waals surface area contributed by atoms with Crippen LogP contribution in [0.2, 0.25) is 0 Å². The highest BCUT2D eigenvalue weighted by molar-refractivity contribution is 5.72. The normalized spacial score (nSPS) is 14.7. The van der Waals surface area contributed by atoms with E-state index >= 15 is 0 Å². The Bertz CT molecular complexity index is 340. The number of pyridine rings is 1. The predicted molar refractivity (Wildman–Crippen MR) is 42.4 cm³/mol. The van der Waals surface area contributed by atoms with Crippen molar-refractivity contribution < 1.29 is 30.1 Å². The zero-order valence-electron chi connectivity index (χ0n) is 7.11. The molecule has 0 bridgehead atoms. The molecule has 2 atom stereocenters. The summed E-state index contributed by atoms with van der Waals surface area (Å²) in [5, 5.41) is 35.9. The van der Waals surface area contributed by atoms with Gasteiger partial charge in [-0.05, 0) is 6.07 Å². The van der Waals surface area contributed by atoms with Gasteiger partial charge in [0, 0.05) is 16.9 Å². The maximum atomic E-state index is 10.3. The van der Waals surface area contributed by atoms with E-state index in [1.165, 1.54) is 24.4 Å². The Balaban J connectivity index is 2.94. The van der Waals surface area contributed by atoms with Crippen LogP contribution in [-0.2, 0) is 4.79 Å². The maximum Gasteiger partial charge on any atom is 0.335 e. The van der Waals surface area contributed by atoms with E-state index in [9.17, 15) is 9.90 Å². The number of carboxylic acids is 1. The average molecular weight is 200 g/mol. The number of aliphatic hydroxyl groups excluding tert-OH is 2. The molecule has 0 unspecified atom stereocenters. The summed E-state index contributed by atoms with van der Waals surface area (Å²) in [5.74, 6) is -1.55. The van der Waals surface area contributed by atoms with Crippen LogP contribution in [0.5, 0.6) is 0 Å². The number of carboxylic acid groups (broad SMARTS) is 1. The van der Waals surface area contributed by atoms with Crippen LogP contribution in [0.25, 0.3) is 0 Å². The number of carbonyl (C=O) groups is 1. The van der Waals surface area contributed by atoms with Gasteiger partial charge in [-0.15, -0.1) is 0 Å². The first-order chi connectivity index (χ1) is 6.54. The molecule has 0 saturated carbocycles. The lowest BCUT2D eigenvalue weighted by atomic mass is 10.1. The highest BCUT2D eigenvalue weighted by atomic mass is 16.5. The van der Waals surface area contributed by atoms with Crippen LogP contribution in [0.15, 0.2) is 24.4 Å². The van der Waals surface area contributed by atoms with Crippen molar-refractivity contribution in [2.45, 2.75) is 12.2 Å². The minimum Gasteiger partial charge on any atom is -0.479 e. The Labute approximate surface area is 79.2 Å². The Kier molecular flexibility index (Phi) is 3.00. The van der Waals surface area contributed by atoms with E-state index in [0.717, 1.165) is 0 Å². The summed E-state index contributed by atoms with van der Waals surface area (Å²) in [7, 11) is 0. The van der Waals surface area contributed by atoms with E-state index in [1.807, 2.05) is 0 Å². The van der Waals surface area contributed by atoms with Gasteiger partial charge in [0.2, 0.25) is 6.20 Å². The lowest BCUT2D eigenvalue weighted by Crippen LogP contribution is -2.40.